The van der Waals surface area contributed by atoms with E-state index < -0.39 is 5.41 Å². The van der Waals surface area contributed by atoms with Gasteiger partial charge in [-0.25, -0.2) is 0 Å². The molecule has 0 aromatic carbocycles. The normalized spacial score (nSPS) is 10.8. The Morgan fingerprint density at radius 1 is 1.42 bits per heavy atom. The molecule has 4 heteroatoms. The molecule has 19 heavy (non-hydrogen) atoms. The van der Waals surface area contributed by atoms with Crippen molar-refractivity contribution in [2.24, 2.45) is 5.41 Å². The van der Waals surface area contributed by atoms with Gasteiger partial charge >= 0.3 is 0 Å². The van der Waals surface area contributed by atoms with Gasteiger partial charge in [0, 0.05) is 6.20 Å². The molecule has 0 spiro atoms. The summed E-state index contributed by atoms with van der Waals surface area (Å²) in [7, 11) is 0. The molecule has 0 unspecified atom stereocenters. The second-order valence-corrected chi connectivity index (χ2v) is 4.55. The van der Waals surface area contributed by atoms with Crippen LogP contribution in [0.3, 0.4) is 0 Å². The van der Waals surface area contributed by atoms with Crippen LogP contribution in [0.1, 0.15) is 44.9 Å². The minimum atomic E-state index is -0.916. The Hall–Kier alpha value is -1.89. The maximum atomic E-state index is 12.2. The highest BCUT2D eigenvalue weighted by Crippen LogP contribution is 2.25. The number of nitrogens with one attached hydrogen (secondary N) is 1. The van der Waals surface area contributed by atoms with E-state index in [1.165, 1.54) is 0 Å². The van der Waals surface area contributed by atoms with Gasteiger partial charge in [0.1, 0.15) is 5.41 Å². The fraction of sp³-hybridized carbons (Fsp3) is 0.533. The first-order valence-corrected chi connectivity index (χ1v) is 6.75. The summed E-state index contributed by atoms with van der Waals surface area (Å²) in [4.78, 5) is 16.5. The summed E-state index contributed by atoms with van der Waals surface area (Å²) in [5.41, 5.74) is 1.08. The van der Waals surface area contributed by atoms with Gasteiger partial charge in [0.05, 0.1) is 18.3 Å². The third-order valence-electron chi connectivity index (χ3n) is 3.64. The lowest BCUT2D eigenvalue weighted by atomic mass is 9.83. The number of hydrogen-bond acceptors (Lipinski definition) is 3. The molecule has 0 aliphatic rings. The number of nitriles is 1. The van der Waals surface area contributed by atoms with E-state index in [4.69, 9.17) is 0 Å². The topological polar surface area (TPSA) is 65.8 Å². The zero-order valence-corrected chi connectivity index (χ0v) is 11.9. The predicted octanol–water partition coefficient (Wildman–Crippen LogP) is 2.59. The van der Waals surface area contributed by atoms with E-state index in [0.29, 0.717) is 19.4 Å². The lowest BCUT2D eigenvalue weighted by molar-refractivity contribution is -0.128. The Kier molecular flexibility index (Phi) is 5.50. The van der Waals surface area contributed by atoms with Crippen molar-refractivity contribution < 1.29 is 4.79 Å². The molecule has 1 amide bonds. The number of amides is 1. The summed E-state index contributed by atoms with van der Waals surface area (Å²) in [6.07, 6.45) is 3.64. The molecule has 0 aliphatic heterocycles. The van der Waals surface area contributed by atoms with Crippen molar-refractivity contribution in [1.29, 1.82) is 5.26 Å². The van der Waals surface area contributed by atoms with Crippen molar-refractivity contribution in [1.82, 2.24) is 10.3 Å². The first kappa shape index (κ1) is 15.2. The number of carbonyl (C=O) groups is 1. The SMILES string of the molecule is CCc1cccnc1CNC(=O)C(C#N)(CC)CC. The smallest absolute Gasteiger partial charge is 0.240 e. The molecular formula is C15H21N3O. The summed E-state index contributed by atoms with van der Waals surface area (Å²) in [6.45, 7) is 6.17. The minimum absolute atomic E-state index is 0.201. The van der Waals surface area contributed by atoms with Crippen molar-refractivity contribution in [2.45, 2.75) is 46.6 Å². The average molecular weight is 259 g/mol. The quantitative estimate of drug-likeness (QED) is 0.854. The van der Waals surface area contributed by atoms with Crippen LogP contribution >= 0.6 is 0 Å². The van der Waals surface area contributed by atoms with Crippen LogP contribution in [0.15, 0.2) is 18.3 Å². The molecular weight excluding hydrogens is 238 g/mol. The highest BCUT2D eigenvalue weighted by atomic mass is 16.2. The maximum absolute atomic E-state index is 12.2. The van der Waals surface area contributed by atoms with Crippen LogP contribution in [-0.4, -0.2) is 10.9 Å². The lowest BCUT2D eigenvalue weighted by Crippen LogP contribution is -2.39. The Labute approximate surface area is 114 Å². The predicted molar refractivity (Wildman–Crippen MR) is 74.1 cm³/mol. The Morgan fingerprint density at radius 3 is 2.63 bits per heavy atom. The Bertz CT molecular complexity index is 473. The Balaban J connectivity index is 2.77. The van der Waals surface area contributed by atoms with Gasteiger partial charge in [-0.15, -0.1) is 0 Å². The molecule has 1 aromatic heterocycles. The first-order chi connectivity index (χ1) is 9.13. The molecule has 0 radical (unpaired) electrons. The van der Waals surface area contributed by atoms with Crippen molar-refractivity contribution in [2.75, 3.05) is 0 Å². The Morgan fingerprint density at radius 2 is 2.11 bits per heavy atom. The third-order valence-corrected chi connectivity index (χ3v) is 3.64. The second-order valence-electron chi connectivity index (χ2n) is 4.55. The van der Waals surface area contributed by atoms with E-state index in [0.717, 1.165) is 17.7 Å². The van der Waals surface area contributed by atoms with Crippen molar-refractivity contribution in [3.05, 3.63) is 29.6 Å². The van der Waals surface area contributed by atoms with E-state index in [-0.39, 0.29) is 5.91 Å². The van der Waals surface area contributed by atoms with Gasteiger partial charge in [0.25, 0.3) is 0 Å². The monoisotopic (exact) mass is 259 g/mol. The largest absolute Gasteiger partial charge is 0.349 e. The zero-order valence-electron chi connectivity index (χ0n) is 11.9. The molecule has 102 valence electrons. The standard InChI is InChI=1S/C15H21N3O/c1-4-12-8-7-9-17-13(12)10-18-14(19)15(5-2,6-3)11-16/h7-9H,4-6,10H2,1-3H3,(H,18,19). The summed E-state index contributed by atoms with van der Waals surface area (Å²) < 4.78 is 0. The van der Waals surface area contributed by atoms with Gasteiger partial charge in [-0.2, -0.15) is 5.26 Å². The molecule has 0 fully saturated rings. The lowest BCUT2D eigenvalue weighted by Gasteiger charge is -2.22. The van der Waals surface area contributed by atoms with E-state index in [1.807, 2.05) is 26.0 Å². The summed E-state index contributed by atoms with van der Waals surface area (Å²) in [6, 6.07) is 6.04. The fourth-order valence-corrected chi connectivity index (χ4v) is 2.07. The van der Waals surface area contributed by atoms with Gasteiger partial charge in [0.15, 0.2) is 0 Å². The van der Waals surface area contributed by atoms with Crippen LogP contribution in [0.2, 0.25) is 0 Å². The number of hydrogen-bond donors (Lipinski definition) is 1. The summed E-state index contributed by atoms with van der Waals surface area (Å²) in [5, 5.41) is 12.1. The second kappa shape index (κ2) is 6.89. The molecule has 4 nitrogen and oxygen atoms in total. The molecule has 1 rings (SSSR count). The number of aromatic nitrogens is 1. The molecule has 1 aromatic rings. The molecule has 0 bridgehead atoms. The molecule has 0 saturated carbocycles. The van der Waals surface area contributed by atoms with Crippen molar-refractivity contribution in [3.63, 3.8) is 0 Å². The van der Waals surface area contributed by atoms with Gasteiger partial charge in [0.2, 0.25) is 5.91 Å². The molecule has 0 aliphatic carbocycles. The minimum Gasteiger partial charge on any atom is -0.349 e. The van der Waals surface area contributed by atoms with Crippen LogP contribution in [-0.2, 0) is 17.8 Å². The number of pyridine rings is 1. The van der Waals surface area contributed by atoms with Gasteiger partial charge in [-0.1, -0.05) is 26.8 Å². The van der Waals surface area contributed by atoms with Crippen LogP contribution < -0.4 is 5.32 Å². The molecule has 0 saturated heterocycles. The molecule has 0 atom stereocenters. The molecule has 1 heterocycles. The van der Waals surface area contributed by atoms with E-state index in [2.05, 4.69) is 23.3 Å². The van der Waals surface area contributed by atoms with Crippen LogP contribution in [0.25, 0.3) is 0 Å². The number of nitrogens with zero attached hydrogens (tertiary/aromatic N) is 2. The highest BCUT2D eigenvalue weighted by Gasteiger charge is 2.34. The maximum Gasteiger partial charge on any atom is 0.240 e. The van der Waals surface area contributed by atoms with E-state index in [9.17, 15) is 10.1 Å². The zero-order chi connectivity index (χ0) is 14.3. The highest BCUT2D eigenvalue weighted by molar-refractivity contribution is 5.85. The summed E-state index contributed by atoms with van der Waals surface area (Å²) in [5.74, 6) is -0.201. The van der Waals surface area contributed by atoms with Crippen LogP contribution in [0.5, 0.6) is 0 Å². The number of carbonyl (C=O) groups excluding carboxylic acids is 1. The van der Waals surface area contributed by atoms with Crippen molar-refractivity contribution >= 4 is 5.91 Å². The first-order valence-electron chi connectivity index (χ1n) is 6.75. The van der Waals surface area contributed by atoms with Gasteiger partial charge < -0.3 is 5.32 Å². The third kappa shape index (κ3) is 3.31. The number of rotatable bonds is 6. The average Bonchev–Trinajstić information content (AvgIpc) is 2.47. The van der Waals surface area contributed by atoms with Gasteiger partial charge in [-0.3, -0.25) is 9.78 Å². The summed E-state index contributed by atoms with van der Waals surface area (Å²) >= 11 is 0. The van der Waals surface area contributed by atoms with E-state index >= 15 is 0 Å². The van der Waals surface area contributed by atoms with Gasteiger partial charge in [-0.05, 0) is 30.9 Å². The molecule has 1 N–H and O–H groups in total. The van der Waals surface area contributed by atoms with E-state index in [1.54, 1.807) is 6.20 Å². The van der Waals surface area contributed by atoms with Crippen LogP contribution in [0.4, 0.5) is 0 Å². The van der Waals surface area contributed by atoms with Crippen molar-refractivity contribution in [3.8, 4) is 6.07 Å². The fourth-order valence-electron chi connectivity index (χ4n) is 2.07. The van der Waals surface area contributed by atoms with Crippen LogP contribution in [0, 0.1) is 16.7 Å². The number of aryl methyl sites for hydroxylation is 1.